The van der Waals surface area contributed by atoms with Crippen LogP contribution in [0.25, 0.3) is 0 Å². The number of carbonyl (C=O) groups excluding carboxylic acids is 1. The molecule has 0 aliphatic heterocycles. The highest BCUT2D eigenvalue weighted by molar-refractivity contribution is 6.13. The van der Waals surface area contributed by atoms with E-state index in [1.165, 1.54) is 24.3 Å². The van der Waals surface area contributed by atoms with Crippen molar-refractivity contribution in [3.63, 3.8) is 0 Å². The smallest absolute Gasteiger partial charge is 0.200 e. The van der Waals surface area contributed by atoms with E-state index in [-0.39, 0.29) is 28.3 Å². The van der Waals surface area contributed by atoms with E-state index in [9.17, 15) is 20.1 Å². The van der Waals surface area contributed by atoms with Gasteiger partial charge in [-0.25, -0.2) is 0 Å². The van der Waals surface area contributed by atoms with Crippen molar-refractivity contribution < 1.29 is 25.2 Å². The maximum atomic E-state index is 12.1. The second-order valence-corrected chi connectivity index (χ2v) is 3.93. The Balaban J connectivity index is 2.53. The van der Waals surface area contributed by atoms with Crippen LogP contribution in [0.5, 0.6) is 23.0 Å². The standard InChI is InChI=1S/C13H11NO5/c14-11-9(16)4-3-8(13(11)19)12(18)7-2-1-6(15)5-10(7)17/h1-5,15-17,19H,14H2. The van der Waals surface area contributed by atoms with Crippen molar-refractivity contribution >= 4 is 11.5 Å². The molecule has 0 radical (unpaired) electrons. The van der Waals surface area contributed by atoms with Gasteiger partial charge in [0.25, 0.3) is 0 Å². The zero-order chi connectivity index (χ0) is 14.2. The van der Waals surface area contributed by atoms with Gasteiger partial charge in [0, 0.05) is 6.07 Å². The van der Waals surface area contributed by atoms with Gasteiger partial charge < -0.3 is 26.2 Å². The van der Waals surface area contributed by atoms with Crippen molar-refractivity contribution in [1.29, 1.82) is 0 Å². The number of nitrogens with two attached hydrogens (primary N) is 1. The molecule has 0 aromatic heterocycles. The second-order valence-electron chi connectivity index (χ2n) is 3.93. The largest absolute Gasteiger partial charge is 0.508 e. The number of nitrogen functional groups attached to an aromatic ring is 1. The predicted molar refractivity (Wildman–Crippen MR) is 67.4 cm³/mol. The minimum absolute atomic E-state index is 0.0989. The number of hydrogen-bond donors (Lipinski definition) is 5. The maximum absolute atomic E-state index is 12.1. The van der Waals surface area contributed by atoms with Crippen LogP contribution in [0.4, 0.5) is 5.69 Å². The SMILES string of the molecule is Nc1c(O)ccc(C(=O)c2ccc(O)cc2O)c1O. The normalized spacial score (nSPS) is 10.3. The summed E-state index contributed by atoms with van der Waals surface area (Å²) < 4.78 is 0. The molecule has 19 heavy (non-hydrogen) atoms. The third kappa shape index (κ3) is 2.11. The van der Waals surface area contributed by atoms with Crippen molar-refractivity contribution in [2.45, 2.75) is 0 Å². The molecule has 2 aromatic rings. The lowest BCUT2D eigenvalue weighted by Gasteiger charge is -2.09. The van der Waals surface area contributed by atoms with E-state index in [4.69, 9.17) is 10.8 Å². The van der Waals surface area contributed by atoms with Crippen molar-refractivity contribution in [3.05, 3.63) is 41.5 Å². The van der Waals surface area contributed by atoms with Gasteiger partial charge in [-0.1, -0.05) is 0 Å². The number of ketones is 1. The van der Waals surface area contributed by atoms with Crippen LogP contribution in [-0.4, -0.2) is 26.2 Å². The molecule has 98 valence electrons. The topological polar surface area (TPSA) is 124 Å². The number of benzene rings is 2. The Labute approximate surface area is 108 Å². The van der Waals surface area contributed by atoms with Gasteiger partial charge >= 0.3 is 0 Å². The monoisotopic (exact) mass is 261 g/mol. The van der Waals surface area contributed by atoms with Gasteiger partial charge in [0.05, 0.1) is 11.1 Å². The average molecular weight is 261 g/mol. The first-order chi connectivity index (χ1) is 8.91. The summed E-state index contributed by atoms with van der Waals surface area (Å²) in [6, 6.07) is 5.81. The van der Waals surface area contributed by atoms with E-state index >= 15 is 0 Å². The molecule has 0 unspecified atom stereocenters. The molecule has 6 nitrogen and oxygen atoms in total. The van der Waals surface area contributed by atoms with Gasteiger partial charge in [-0.15, -0.1) is 0 Å². The first-order valence-electron chi connectivity index (χ1n) is 5.29. The summed E-state index contributed by atoms with van der Waals surface area (Å²) in [5, 5.41) is 37.8. The fraction of sp³-hybridized carbons (Fsp3) is 0. The first-order valence-corrected chi connectivity index (χ1v) is 5.29. The van der Waals surface area contributed by atoms with E-state index in [0.717, 1.165) is 6.07 Å². The average Bonchev–Trinajstić information content (AvgIpc) is 2.35. The van der Waals surface area contributed by atoms with Gasteiger partial charge in [0.1, 0.15) is 22.9 Å². The Bertz CT molecular complexity index is 666. The Hall–Kier alpha value is -2.89. The number of carbonyl (C=O) groups is 1. The lowest BCUT2D eigenvalue weighted by molar-refractivity contribution is 0.103. The summed E-state index contributed by atoms with van der Waals surface area (Å²) in [6.07, 6.45) is 0. The lowest BCUT2D eigenvalue weighted by atomic mass is 10.0. The highest BCUT2D eigenvalue weighted by Crippen LogP contribution is 2.35. The Morgan fingerprint density at radius 3 is 2.16 bits per heavy atom. The van der Waals surface area contributed by atoms with Gasteiger partial charge in [-0.05, 0) is 24.3 Å². The summed E-state index contributed by atoms with van der Waals surface area (Å²) in [5.41, 5.74) is 4.84. The summed E-state index contributed by atoms with van der Waals surface area (Å²) >= 11 is 0. The fourth-order valence-corrected chi connectivity index (χ4v) is 1.64. The summed E-state index contributed by atoms with van der Waals surface area (Å²) in [5.74, 6) is -2.19. The van der Waals surface area contributed by atoms with Crippen LogP contribution in [0.2, 0.25) is 0 Å². The summed E-state index contributed by atoms with van der Waals surface area (Å²) in [6.45, 7) is 0. The second kappa shape index (κ2) is 4.41. The van der Waals surface area contributed by atoms with Crippen LogP contribution in [0.3, 0.4) is 0 Å². The summed E-state index contributed by atoms with van der Waals surface area (Å²) in [7, 11) is 0. The highest BCUT2D eigenvalue weighted by Gasteiger charge is 2.20. The van der Waals surface area contributed by atoms with Crippen LogP contribution in [0.15, 0.2) is 30.3 Å². The number of hydrogen-bond acceptors (Lipinski definition) is 6. The highest BCUT2D eigenvalue weighted by atomic mass is 16.3. The van der Waals surface area contributed by atoms with Crippen LogP contribution < -0.4 is 5.73 Å². The first kappa shape index (κ1) is 12.6. The molecule has 0 aliphatic rings. The molecule has 0 spiro atoms. The molecule has 0 bridgehead atoms. The van der Waals surface area contributed by atoms with E-state index in [2.05, 4.69) is 0 Å². The van der Waals surface area contributed by atoms with Crippen LogP contribution in [0, 0.1) is 0 Å². The molecular weight excluding hydrogens is 250 g/mol. The molecule has 0 amide bonds. The minimum Gasteiger partial charge on any atom is -0.508 e. The maximum Gasteiger partial charge on any atom is 0.200 e. The molecule has 0 atom stereocenters. The van der Waals surface area contributed by atoms with E-state index in [0.29, 0.717) is 0 Å². The van der Waals surface area contributed by atoms with E-state index in [1.54, 1.807) is 0 Å². The molecule has 0 saturated heterocycles. The van der Waals surface area contributed by atoms with Crippen molar-refractivity contribution in [1.82, 2.24) is 0 Å². The van der Waals surface area contributed by atoms with Crippen LogP contribution in [-0.2, 0) is 0 Å². The molecule has 0 heterocycles. The van der Waals surface area contributed by atoms with Crippen LogP contribution in [0.1, 0.15) is 15.9 Å². The van der Waals surface area contributed by atoms with Gasteiger partial charge in [0.15, 0.2) is 5.75 Å². The van der Waals surface area contributed by atoms with Crippen molar-refractivity contribution in [3.8, 4) is 23.0 Å². The Morgan fingerprint density at radius 1 is 0.895 bits per heavy atom. The quantitative estimate of drug-likeness (QED) is 0.315. The van der Waals surface area contributed by atoms with Gasteiger partial charge in [-0.3, -0.25) is 4.79 Å². The zero-order valence-corrected chi connectivity index (χ0v) is 9.66. The number of rotatable bonds is 2. The lowest BCUT2D eigenvalue weighted by Crippen LogP contribution is -2.03. The van der Waals surface area contributed by atoms with E-state index < -0.39 is 17.3 Å². The molecule has 0 fully saturated rings. The molecule has 2 aromatic carbocycles. The molecule has 0 aliphatic carbocycles. The van der Waals surface area contributed by atoms with Crippen LogP contribution >= 0.6 is 0 Å². The predicted octanol–water partition coefficient (Wildman–Crippen LogP) is 1.32. The van der Waals surface area contributed by atoms with Gasteiger partial charge in [0.2, 0.25) is 5.78 Å². The minimum atomic E-state index is -0.679. The Kier molecular flexibility index (Phi) is 2.92. The zero-order valence-electron chi connectivity index (χ0n) is 9.66. The molecule has 6 N–H and O–H groups in total. The number of phenols is 4. The molecule has 2 rings (SSSR count). The van der Waals surface area contributed by atoms with E-state index in [1.807, 2.05) is 0 Å². The number of aromatic hydroxyl groups is 4. The number of anilines is 1. The third-order valence-corrected chi connectivity index (χ3v) is 2.66. The molecular formula is C13H11NO5. The molecule has 0 saturated carbocycles. The molecule has 6 heteroatoms. The number of phenolic OH excluding ortho intramolecular Hbond substituents is 4. The fourth-order valence-electron chi connectivity index (χ4n) is 1.64. The van der Waals surface area contributed by atoms with Crippen molar-refractivity contribution in [2.75, 3.05) is 5.73 Å². The summed E-state index contributed by atoms with van der Waals surface area (Å²) in [4.78, 5) is 12.1. The Morgan fingerprint density at radius 2 is 1.53 bits per heavy atom. The van der Waals surface area contributed by atoms with Gasteiger partial charge in [-0.2, -0.15) is 0 Å². The van der Waals surface area contributed by atoms with Crippen molar-refractivity contribution in [2.24, 2.45) is 0 Å². The third-order valence-electron chi connectivity index (χ3n) is 2.66.